The van der Waals surface area contributed by atoms with E-state index in [2.05, 4.69) is 9.80 Å². The van der Waals surface area contributed by atoms with Gasteiger partial charge in [0.25, 0.3) is 5.91 Å². The summed E-state index contributed by atoms with van der Waals surface area (Å²) in [5.74, 6) is 0.0869. The van der Waals surface area contributed by atoms with Crippen molar-refractivity contribution in [1.82, 2.24) is 4.90 Å². The summed E-state index contributed by atoms with van der Waals surface area (Å²) in [5.41, 5.74) is 2.52. The number of para-hydroxylation sites is 1. The number of rotatable bonds is 7. The molecule has 4 rings (SSSR count). The van der Waals surface area contributed by atoms with Crippen molar-refractivity contribution < 1.29 is 13.9 Å². The van der Waals surface area contributed by atoms with Gasteiger partial charge in [-0.25, -0.2) is 4.39 Å². The van der Waals surface area contributed by atoms with Crippen molar-refractivity contribution in [3.05, 3.63) is 88.7 Å². The molecular formula is C27H29ClFN3O2. The Morgan fingerprint density at radius 1 is 1.09 bits per heavy atom. The van der Waals surface area contributed by atoms with Crippen LogP contribution in [0.3, 0.4) is 0 Å². The average molecular weight is 482 g/mol. The Kier molecular flexibility index (Phi) is 7.39. The Balaban J connectivity index is 1.40. The number of likely N-dealkylation sites (N-methyl/N-ethyl adjacent to an activating group) is 1. The maximum atomic E-state index is 14.9. The highest BCUT2D eigenvalue weighted by atomic mass is 35.5. The maximum absolute atomic E-state index is 14.9. The SMILES string of the molecule is CN(C(=O)c1ccc(COc2ccccc2Cl)cc1)c1ccc(N2CCC(N(C)C)C2)c(F)c1. The van der Waals surface area contributed by atoms with Gasteiger partial charge in [-0.05, 0) is 68.5 Å². The summed E-state index contributed by atoms with van der Waals surface area (Å²) in [6.07, 6.45) is 1.01. The standard InChI is InChI=1S/C27H29ClFN3O2/c1-30(2)22-14-15-32(17-22)25-13-12-21(16-24(25)29)31(3)27(33)20-10-8-19(9-11-20)18-34-26-7-5-4-6-23(26)28/h4-13,16,22H,14-15,17-18H2,1-3H3. The third kappa shape index (κ3) is 5.34. The lowest BCUT2D eigenvalue weighted by molar-refractivity contribution is 0.0993. The molecule has 5 nitrogen and oxygen atoms in total. The number of amides is 1. The lowest BCUT2D eigenvalue weighted by Gasteiger charge is -2.24. The van der Waals surface area contributed by atoms with Gasteiger partial charge in [-0.1, -0.05) is 35.9 Å². The van der Waals surface area contributed by atoms with Gasteiger partial charge in [0, 0.05) is 37.4 Å². The lowest BCUT2D eigenvalue weighted by atomic mass is 10.1. The molecule has 1 amide bonds. The third-order valence-electron chi connectivity index (χ3n) is 6.29. The molecule has 34 heavy (non-hydrogen) atoms. The van der Waals surface area contributed by atoms with E-state index in [1.54, 1.807) is 37.4 Å². The average Bonchev–Trinajstić information content (AvgIpc) is 3.33. The van der Waals surface area contributed by atoms with Crippen LogP contribution in [0.15, 0.2) is 66.7 Å². The topological polar surface area (TPSA) is 36.0 Å². The molecule has 1 atom stereocenters. The maximum Gasteiger partial charge on any atom is 0.258 e. The molecule has 1 saturated heterocycles. The molecule has 3 aromatic carbocycles. The molecular weight excluding hydrogens is 453 g/mol. The zero-order valence-corrected chi connectivity index (χ0v) is 20.4. The van der Waals surface area contributed by atoms with Crippen molar-refractivity contribution in [2.45, 2.75) is 19.1 Å². The molecule has 178 valence electrons. The number of hydrogen-bond acceptors (Lipinski definition) is 4. The Morgan fingerprint density at radius 3 is 2.47 bits per heavy atom. The van der Waals surface area contributed by atoms with Crippen LogP contribution in [0.5, 0.6) is 5.75 Å². The van der Waals surface area contributed by atoms with E-state index in [-0.39, 0.29) is 11.7 Å². The number of halogens is 2. The molecule has 0 radical (unpaired) electrons. The number of nitrogens with zero attached hydrogens (tertiary/aromatic N) is 3. The number of carbonyl (C=O) groups is 1. The monoisotopic (exact) mass is 481 g/mol. The lowest BCUT2D eigenvalue weighted by Crippen LogP contribution is -2.31. The second-order valence-electron chi connectivity index (χ2n) is 8.77. The fraction of sp³-hybridized carbons (Fsp3) is 0.296. The minimum atomic E-state index is -0.316. The van der Waals surface area contributed by atoms with Crippen molar-refractivity contribution >= 4 is 28.9 Å². The zero-order chi connectivity index (χ0) is 24.2. The zero-order valence-electron chi connectivity index (χ0n) is 19.7. The van der Waals surface area contributed by atoms with Gasteiger partial charge in [-0.3, -0.25) is 4.79 Å². The van der Waals surface area contributed by atoms with E-state index in [1.165, 1.54) is 11.0 Å². The summed E-state index contributed by atoms with van der Waals surface area (Å²) < 4.78 is 20.7. The quantitative estimate of drug-likeness (QED) is 0.448. The molecule has 3 aromatic rings. The van der Waals surface area contributed by atoms with Crippen LogP contribution in [-0.2, 0) is 6.61 Å². The minimum absolute atomic E-state index is 0.209. The van der Waals surface area contributed by atoms with Gasteiger partial charge in [0.05, 0.1) is 10.7 Å². The van der Waals surface area contributed by atoms with Crippen molar-refractivity contribution in [2.75, 3.05) is 44.0 Å². The number of benzene rings is 3. The van der Waals surface area contributed by atoms with Gasteiger partial charge in [0.1, 0.15) is 18.2 Å². The van der Waals surface area contributed by atoms with Crippen LogP contribution in [0, 0.1) is 5.82 Å². The van der Waals surface area contributed by atoms with Crippen LogP contribution >= 0.6 is 11.6 Å². The predicted octanol–water partition coefficient (Wildman–Crippen LogP) is 5.48. The van der Waals surface area contributed by atoms with Gasteiger partial charge in [0.2, 0.25) is 0 Å². The first-order valence-electron chi connectivity index (χ1n) is 11.3. The molecule has 0 aliphatic carbocycles. The molecule has 1 unspecified atom stereocenters. The van der Waals surface area contributed by atoms with E-state index in [9.17, 15) is 9.18 Å². The first-order valence-corrected chi connectivity index (χ1v) is 11.7. The van der Waals surface area contributed by atoms with E-state index in [0.717, 1.165) is 25.1 Å². The van der Waals surface area contributed by atoms with Crippen LogP contribution in [0.4, 0.5) is 15.8 Å². The van der Waals surface area contributed by atoms with Crippen molar-refractivity contribution in [3.8, 4) is 5.75 Å². The molecule has 0 saturated carbocycles. The van der Waals surface area contributed by atoms with Gasteiger partial charge in [-0.2, -0.15) is 0 Å². The molecule has 0 N–H and O–H groups in total. The molecule has 1 aliphatic rings. The summed E-state index contributed by atoms with van der Waals surface area (Å²) >= 11 is 6.12. The smallest absolute Gasteiger partial charge is 0.258 e. The molecule has 7 heteroatoms. The van der Waals surface area contributed by atoms with Gasteiger partial charge in [0.15, 0.2) is 0 Å². The molecule has 1 fully saturated rings. The number of carbonyl (C=O) groups excluding carboxylic acids is 1. The molecule has 1 heterocycles. The normalized spacial score (nSPS) is 15.6. The summed E-state index contributed by atoms with van der Waals surface area (Å²) in [4.78, 5) is 18.7. The highest BCUT2D eigenvalue weighted by Gasteiger charge is 2.26. The van der Waals surface area contributed by atoms with Gasteiger partial charge >= 0.3 is 0 Å². The molecule has 0 spiro atoms. The van der Waals surface area contributed by atoms with E-state index in [0.29, 0.717) is 40.4 Å². The van der Waals surface area contributed by atoms with Crippen LogP contribution in [0.25, 0.3) is 0 Å². The summed E-state index contributed by atoms with van der Waals surface area (Å²) in [5, 5.41) is 0.552. The second kappa shape index (κ2) is 10.5. The second-order valence-corrected chi connectivity index (χ2v) is 9.18. The van der Waals surface area contributed by atoms with Crippen LogP contribution in [-0.4, -0.2) is 51.1 Å². The number of ether oxygens (including phenoxy) is 1. The van der Waals surface area contributed by atoms with Crippen molar-refractivity contribution in [3.63, 3.8) is 0 Å². The Hall–Kier alpha value is -3.09. The third-order valence-corrected chi connectivity index (χ3v) is 6.60. The Morgan fingerprint density at radius 2 is 1.82 bits per heavy atom. The summed E-state index contributed by atoms with van der Waals surface area (Å²) in [6, 6.07) is 19.9. The molecule has 1 aliphatic heterocycles. The van der Waals surface area contributed by atoms with Gasteiger partial charge in [-0.15, -0.1) is 0 Å². The summed E-state index contributed by atoms with van der Waals surface area (Å²) in [7, 11) is 5.75. The van der Waals surface area contributed by atoms with Crippen LogP contribution < -0.4 is 14.5 Å². The van der Waals surface area contributed by atoms with Crippen molar-refractivity contribution in [1.29, 1.82) is 0 Å². The first-order chi connectivity index (χ1) is 16.3. The van der Waals surface area contributed by atoms with E-state index >= 15 is 0 Å². The van der Waals surface area contributed by atoms with E-state index in [4.69, 9.17) is 16.3 Å². The first kappa shape index (κ1) is 24.0. The number of hydrogen-bond donors (Lipinski definition) is 0. The van der Waals surface area contributed by atoms with Gasteiger partial charge < -0.3 is 19.4 Å². The highest BCUT2D eigenvalue weighted by Crippen LogP contribution is 2.29. The number of anilines is 2. The summed E-state index contributed by atoms with van der Waals surface area (Å²) in [6.45, 7) is 1.96. The van der Waals surface area contributed by atoms with E-state index in [1.807, 2.05) is 44.4 Å². The highest BCUT2D eigenvalue weighted by molar-refractivity contribution is 6.32. The van der Waals surface area contributed by atoms with E-state index < -0.39 is 0 Å². The Labute approximate surface area is 205 Å². The van der Waals surface area contributed by atoms with Crippen molar-refractivity contribution in [2.24, 2.45) is 0 Å². The van der Waals surface area contributed by atoms with Crippen LogP contribution in [0.2, 0.25) is 5.02 Å². The van der Waals surface area contributed by atoms with Crippen LogP contribution in [0.1, 0.15) is 22.3 Å². The predicted molar refractivity (Wildman–Crippen MR) is 136 cm³/mol. The molecule has 0 aromatic heterocycles. The fourth-order valence-corrected chi connectivity index (χ4v) is 4.31. The minimum Gasteiger partial charge on any atom is -0.487 e. The Bertz CT molecular complexity index is 1150. The fourth-order valence-electron chi connectivity index (χ4n) is 4.12. The molecule has 0 bridgehead atoms. The largest absolute Gasteiger partial charge is 0.487 e.